The Labute approximate surface area is 308 Å². The van der Waals surface area contributed by atoms with Crippen LogP contribution in [-0.4, -0.2) is 0 Å². The van der Waals surface area contributed by atoms with Gasteiger partial charge < -0.3 is 0 Å². The van der Waals surface area contributed by atoms with Crippen molar-refractivity contribution >= 4 is 0 Å². The summed E-state index contributed by atoms with van der Waals surface area (Å²) < 4.78 is 0. The molecule has 0 bridgehead atoms. The molecule has 282 valence electrons. The van der Waals surface area contributed by atoms with Crippen molar-refractivity contribution in [2.45, 2.75) is 202 Å². The summed E-state index contributed by atoms with van der Waals surface area (Å²) in [5.74, 6) is 12.3. The maximum atomic E-state index is 3.93. The van der Waals surface area contributed by atoms with Crippen molar-refractivity contribution in [1.82, 2.24) is 0 Å². The molecule has 0 aromatic carbocycles. The van der Waals surface area contributed by atoms with Gasteiger partial charge in [-0.15, -0.1) is 6.58 Å². The molecule has 6 fully saturated rings. The quantitative estimate of drug-likeness (QED) is 0.225. The number of rotatable bonds is 8. The van der Waals surface area contributed by atoms with Gasteiger partial charge in [0.25, 0.3) is 0 Å². The minimum Gasteiger partial charge on any atom is -0.103 e. The van der Waals surface area contributed by atoms with E-state index in [1.165, 1.54) is 154 Å². The van der Waals surface area contributed by atoms with Crippen molar-refractivity contribution in [2.24, 2.45) is 71.0 Å². The van der Waals surface area contributed by atoms with Crippen molar-refractivity contribution in [3.8, 4) is 0 Å². The van der Waals surface area contributed by atoms with Gasteiger partial charge in [-0.25, -0.2) is 0 Å². The van der Waals surface area contributed by atoms with Crippen molar-refractivity contribution in [1.29, 1.82) is 0 Å². The molecule has 0 atom stereocenters. The fourth-order valence-electron chi connectivity index (χ4n) is 11.7. The van der Waals surface area contributed by atoms with Crippen LogP contribution in [-0.2, 0) is 0 Å². The lowest BCUT2D eigenvalue weighted by atomic mass is 9.69. The maximum Gasteiger partial charge on any atom is -0.0233 e. The van der Waals surface area contributed by atoms with Crippen molar-refractivity contribution in [2.75, 3.05) is 0 Å². The van der Waals surface area contributed by atoms with Gasteiger partial charge in [-0.05, 0) is 200 Å². The molecule has 0 aromatic heterocycles. The summed E-state index contributed by atoms with van der Waals surface area (Å²) in [4.78, 5) is 0. The van der Waals surface area contributed by atoms with E-state index in [1.54, 1.807) is 12.8 Å². The average molecular weight is 675 g/mol. The molecular formula is C49H86. The second-order valence-electron chi connectivity index (χ2n) is 19.1. The third kappa shape index (κ3) is 14.6. The van der Waals surface area contributed by atoms with E-state index in [4.69, 9.17) is 0 Å². The number of hydrogen-bond donors (Lipinski definition) is 0. The highest BCUT2D eigenvalue weighted by molar-refractivity contribution is 4.91. The molecule has 0 saturated heterocycles. The van der Waals surface area contributed by atoms with Gasteiger partial charge in [-0.3, -0.25) is 0 Å². The summed E-state index contributed by atoms with van der Waals surface area (Å²) in [7, 11) is 0. The van der Waals surface area contributed by atoms with Crippen LogP contribution in [0.5, 0.6) is 0 Å². The molecule has 0 nitrogen and oxygen atoms in total. The third-order valence-corrected chi connectivity index (χ3v) is 15.5. The second-order valence-corrected chi connectivity index (χ2v) is 19.1. The van der Waals surface area contributed by atoms with Gasteiger partial charge >= 0.3 is 0 Å². The van der Waals surface area contributed by atoms with Crippen LogP contribution in [0.15, 0.2) is 37.0 Å². The zero-order chi connectivity index (χ0) is 34.8. The van der Waals surface area contributed by atoms with E-state index in [0.29, 0.717) is 0 Å². The standard InChI is InChI=1S/C18H32.C16H28.C15H26/c1-3-4-5-6-16-9-13-18(14-10-16)17-11-7-15(2)8-12-17;1-3-4-14-7-11-16(12-8-14)15-9-5-13(2)6-10-15;1-3-13-6-10-15(11-7-13)14-8-4-12(2)5-9-14/h3-4,15-18H,5-14H2,1-2H3;3-4,13-16H,5-12H2,1-2H3;3,12-15H,1,4-11H2,2H3/b2*4-3+;. The summed E-state index contributed by atoms with van der Waals surface area (Å²) >= 11 is 0. The number of hydrogen-bond acceptors (Lipinski definition) is 0. The van der Waals surface area contributed by atoms with Crippen LogP contribution in [0.25, 0.3) is 0 Å². The molecule has 6 rings (SSSR count). The summed E-state index contributed by atoms with van der Waals surface area (Å²) in [6, 6.07) is 0. The monoisotopic (exact) mass is 675 g/mol. The largest absolute Gasteiger partial charge is 0.103 e. The molecule has 0 spiro atoms. The average Bonchev–Trinajstić information content (AvgIpc) is 3.14. The van der Waals surface area contributed by atoms with Gasteiger partial charge in [0.15, 0.2) is 0 Å². The molecule has 0 unspecified atom stereocenters. The molecule has 6 saturated carbocycles. The Hall–Kier alpha value is -0.780. The van der Waals surface area contributed by atoms with E-state index in [0.717, 1.165) is 71.0 Å². The molecule has 0 radical (unpaired) electrons. The first-order chi connectivity index (χ1) is 23.9. The lowest BCUT2D eigenvalue weighted by Crippen LogP contribution is -2.25. The third-order valence-electron chi connectivity index (χ3n) is 15.5. The first-order valence-corrected chi connectivity index (χ1v) is 22.7. The van der Waals surface area contributed by atoms with E-state index in [1.807, 2.05) is 0 Å². The molecule has 49 heavy (non-hydrogen) atoms. The highest BCUT2D eigenvalue weighted by Crippen LogP contribution is 2.44. The van der Waals surface area contributed by atoms with Crippen molar-refractivity contribution in [3.63, 3.8) is 0 Å². The molecule has 0 heterocycles. The highest BCUT2D eigenvalue weighted by Gasteiger charge is 2.31. The van der Waals surface area contributed by atoms with E-state index in [9.17, 15) is 0 Å². The molecule has 6 aliphatic carbocycles. The highest BCUT2D eigenvalue weighted by atomic mass is 14.4. The van der Waals surface area contributed by atoms with Crippen LogP contribution >= 0.6 is 0 Å². The molecule has 0 heteroatoms. The van der Waals surface area contributed by atoms with Crippen LogP contribution in [0.4, 0.5) is 0 Å². The SMILES string of the molecule is C/C=C/C1CCC(C2CCC(C)CC2)CC1.C/C=C/CCC1CCC(C2CCC(C)CC2)CC1.C=CC1CCC(C2CCC(C)CC2)CC1. The van der Waals surface area contributed by atoms with Crippen molar-refractivity contribution in [3.05, 3.63) is 37.0 Å². The fourth-order valence-corrected chi connectivity index (χ4v) is 11.7. The molecular weight excluding hydrogens is 589 g/mol. The molecule has 0 aromatic rings. The Kier molecular flexibility index (Phi) is 19.2. The predicted molar refractivity (Wildman–Crippen MR) is 219 cm³/mol. The zero-order valence-corrected chi connectivity index (χ0v) is 33.9. The number of allylic oxidation sites excluding steroid dienone is 5. The summed E-state index contributed by atoms with van der Waals surface area (Å²) in [6.07, 6.45) is 50.2. The summed E-state index contributed by atoms with van der Waals surface area (Å²) in [6.45, 7) is 15.5. The molecule has 0 aliphatic heterocycles. The van der Waals surface area contributed by atoms with Crippen LogP contribution in [0.1, 0.15) is 202 Å². The Bertz CT molecular complexity index is 876. The van der Waals surface area contributed by atoms with Crippen LogP contribution in [0, 0.1) is 71.0 Å². The Balaban J connectivity index is 0.000000166. The molecule has 0 N–H and O–H groups in total. The minimum absolute atomic E-state index is 0.837. The van der Waals surface area contributed by atoms with Gasteiger partial charge in [0.05, 0.1) is 0 Å². The maximum absolute atomic E-state index is 3.93. The van der Waals surface area contributed by atoms with Crippen LogP contribution in [0.3, 0.4) is 0 Å². The smallest absolute Gasteiger partial charge is 0.0233 e. The van der Waals surface area contributed by atoms with Crippen LogP contribution in [0.2, 0.25) is 0 Å². The van der Waals surface area contributed by atoms with E-state index in [2.05, 4.69) is 71.6 Å². The normalized spacial score (nSPS) is 40.5. The summed E-state index contributed by atoms with van der Waals surface area (Å²) in [5, 5.41) is 0. The first kappa shape index (κ1) is 41.0. The van der Waals surface area contributed by atoms with Crippen LogP contribution < -0.4 is 0 Å². The fraction of sp³-hybridized carbons (Fsp3) is 0.878. The molecule has 6 aliphatic rings. The predicted octanol–water partition coefficient (Wildman–Crippen LogP) is 16.0. The van der Waals surface area contributed by atoms with Gasteiger partial charge in [0, 0.05) is 0 Å². The lowest BCUT2D eigenvalue weighted by molar-refractivity contribution is 0.148. The van der Waals surface area contributed by atoms with E-state index >= 15 is 0 Å². The Morgan fingerprint density at radius 1 is 0.408 bits per heavy atom. The lowest BCUT2D eigenvalue weighted by Gasteiger charge is -2.37. The summed E-state index contributed by atoms with van der Waals surface area (Å²) in [5.41, 5.74) is 0. The van der Waals surface area contributed by atoms with E-state index in [-0.39, 0.29) is 0 Å². The van der Waals surface area contributed by atoms with Gasteiger partial charge in [-0.1, -0.05) is 103 Å². The second kappa shape index (κ2) is 23.0. The van der Waals surface area contributed by atoms with E-state index < -0.39 is 0 Å². The Morgan fingerprint density at radius 2 is 0.735 bits per heavy atom. The van der Waals surface area contributed by atoms with Crippen molar-refractivity contribution < 1.29 is 0 Å². The van der Waals surface area contributed by atoms with Gasteiger partial charge in [0.2, 0.25) is 0 Å². The minimum atomic E-state index is 0.837. The first-order valence-electron chi connectivity index (χ1n) is 22.7. The molecule has 0 amide bonds. The van der Waals surface area contributed by atoms with Gasteiger partial charge in [0.1, 0.15) is 0 Å². The van der Waals surface area contributed by atoms with Gasteiger partial charge in [-0.2, -0.15) is 0 Å². The Morgan fingerprint density at radius 3 is 1.06 bits per heavy atom. The zero-order valence-electron chi connectivity index (χ0n) is 33.9. The topological polar surface area (TPSA) is 0 Å².